The molecule has 10 heteroatoms. The minimum absolute atomic E-state index is 0.0997. The van der Waals surface area contributed by atoms with E-state index >= 15 is 0 Å². The van der Waals surface area contributed by atoms with Crippen molar-refractivity contribution in [3.05, 3.63) is 70.4 Å². The third kappa shape index (κ3) is 3.59. The Morgan fingerprint density at radius 1 is 1.10 bits per heavy atom. The van der Waals surface area contributed by atoms with E-state index in [-0.39, 0.29) is 34.5 Å². The fourth-order valence-corrected chi connectivity index (χ4v) is 2.91. The molecule has 146 valence electrons. The maximum Gasteiger partial charge on any atom is 0.322 e. The monoisotopic (exact) mass is 416 g/mol. The summed E-state index contributed by atoms with van der Waals surface area (Å²) < 4.78 is 37.3. The number of carbonyl (C=O) groups is 1. The van der Waals surface area contributed by atoms with Crippen molar-refractivity contribution in [2.75, 3.05) is 5.32 Å². The summed E-state index contributed by atoms with van der Waals surface area (Å²) in [5.74, 6) is -2.21. The third-order valence-electron chi connectivity index (χ3n) is 4.03. The van der Waals surface area contributed by atoms with Gasteiger partial charge in [-0.3, -0.25) is 10.1 Å². The summed E-state index contributed by atoms with van der Waals surface area (Å²) >= 11 is 6.19. The van der Waals surface area contributed by atoms with Crippen LogP contribution in [0.25, 0.3) is 22.7 Å². The van der Waals surface area contributed by atoms with Crippen LogP contribution in [0.4, 0.5) is 14.8 Å². The minimum atomic E-state index is -0.873. The first-order valence-electron chi connectivity index (χ1n) is 8.25. The molecule has 29 heavy (non-hydrogen) atoms. The molecule has 2 aromatic heterocycles. The molecule has 0 aliphatic carbocycles. The van der Waals surface area contributed by atoms with Crippen molar-refractivity contribution in [2.24, 2.45) is 0 Å². The van der Waals surface area contributed by atoms with Crippen LogP contribution in [-0.2, 0) is 0 Å². The van der Waals surface area contributed by atoms with E-state index in [1.165, 1.54) is 0 Å². The van der Waals surface area contributed by atoms with Crippen LogP contribution in [-0.4, -0.2) is 21.3 Å². The zero-order valence-electron chi connectivity index (χ0n) is 14.7. The fourth-order valence-electron chi connectivity index (χ4n) is 2.68. The van der Waals surface area contributed by atoms with Crippen molar-refractivity contribution >= 4 is 23.5 Å². The number of aromatic nitrogens is 3. The van der Waals surface area contributed by atoms with Gasteiger partial charge in [-0.25, -0.2) is 8.78 Å². The largest absolute Gasteiger partial charge is 0.403 e. The summed E-state index contributed by atoms with van der Waals surface area (Å²) in [6, 6.07) is 9.46. The SMILES string of the molecule is Cc1onc(-c2ccccc2Cl)c1C(=O)Nc1nnc(-c2ccc(F)cc2F)o1. The fraction of sp³-hybridized carbons (Fsp3) is 0.0526. The number of carbonyl (C=O) groups excluding carboxylic acids is 1. The Morgan fingerprint density at radius 3 is 2.66 bits per heavy atom. The minimum Gasteiger partial charge on any atom is -0.403 e. The zero-order chi connectivity index (χ0) is 20.5. The molecular weight excluding hydrogens is 406 g/mol. The van der Waals surface area contributed by atoms with E-state index < -0.39 is 17.5 Å². The molecule has 0 spiro atoms. The Morgan fingerprint density at radius 2 is 1.90 bits per heavy atom. The van der Waals surface area contributed by atoms with Crippen LogP contribution >= 0.6 is 11.6 Å². The van der Waals surface area contributed by atoms with Gasteiger partial charge in [-0.15, -0.1) is 5.10 Å². The number of nitrogens with one attached hydrogen (secondary N) is 1. The Labute approximate surface area is 167 Å². The van der Waals surface area contributed by atoms with Gasteiger partial charge >= 0.3 is 6.01 Å². The van der Waals surface area contributed by atoms with Gasteiger partial charge in [0.2, 0.25) is 0 Å². The van der Waals surface area contributed by atoms with Crippen LogP contribution in [0.5, 0.6) is 0 Å². The summed E-state index contributed by atoms with van der Waals surface area (Å²) in [6.45, 7) is 1.56. The highest BCUT2D eigenvalue weighted by atomic mass is 35.5. The van der Waals surface area contributed by atoms with E-state index in [9.17, 15) is 13.6 Å². The number of nitrogens with zero attached hydrogens (tertiary/aromatic N) is 3. The zero-order valence-corrected chi connectivity index (χ0v) is 15.5. The summed E-state index contributed by atoms with van der Waals surface area (Å²) in [5, 5.41) is 14.1. The van der Waals surface area contributed by atoms with E-state index in [1.807, 2.05) is 0 Å². The first kappa shape index (κ1) is 18.8. The summed E-state index contributed by atoms with van der Waals surface area (Å²) in [4.78, 5) is 12.8. The van der Waals surface area contributed by atoms with Gasteiger partial charge in [0.25, 0.3) is 11.8 Å². The first-order valence-corrected chi connectivity index (χ1v) is 8.63. The van der Waals surface area contributed by atoms with Gasteiger partial charge in [-0.1, -0.05) is 40.1 Å². The molecule has 2 aromatic carbocycles. The highest BCUT2D eigenvalue weighted by molar-refractivity contribution is 6.33. The molecule has 0 radical (unpaired) electrons. The number of anilines is 1. The lowest BCUT2D eigenvalue weighted by molar-refractivity contribution is 0.102. The number of amides is 1. The van der Waals surface area contributed by atoms with Crippen molar-refractivity contribution < 1.29 is 22.5 Å². The van der Waals surface area contributed by atoms with Crippen molar-refractivity contribution in [2.45, 2.75) is 6.92 Å². The van der Waals surface area contributed by atoms with Gasteiger partial charge in [0.05, 0.1) is 10.6 Å². The van der Waals surface area contributed by atoms with Crippen LogP contribution < -0.4 is 5.32 Å². The lowest BCUT2D eigenvalue weighted by Gasteiger charge is -2.04. The highest BCUT2D eigenvalue weighted by Gasteiger charge is 2.25. The second kappa shape index (κ2) is 7.44. The molecule has 1 amide bonds. The average molecular weight is 417 g/mol. The van der Waals surface area contributed by atoms with Gasteiger partial charge in [0.15, 0.2) is 0 Å². The second-order valence-corrected chi connectivity index (χ2v) is 6.34. The molecule has 0 bridgehead atoms. The molecular formula is C19H11ClF2N4O3. The number of hydrogen-bond acceptors (Lipinski definition) is 6. The standard InChI is InChI=1S/C19H11ClF2N4O3/c1-9-15(16(26-29-9)11-4-2-3-5-13(11)20)17(27)23-19-25-24-18(28-19)12-7-6-10(21)8-14(12)22/h2-8H,1H3,(H,23,25,27). The maximum atomic E-state index is 13.9. The lowest BCUT2D eigenvalue weighted by atomic mass is 10.1. The quantitative estimate of drug-likeness (QED) is 0.509. The van der Waals surface area contributed by atoms with Crippen molar-refractivity contribution in [1.29, 1.82) is 0 Å². The molecule has 0 fully saturated rings. The smallest absolute Gasteiger partial charge is 0.322 e. The highest BCUT2D eigenvalue weighted by Crippen LogP contribution is 2.31. The van der Waals surface area contributed by atoms with E-state index in [1.54, 1.807) is 31.2 Å². The molecule has 4 aromatic rings. The first-order chi connectivity index (χ1) is 13.9. The number of hydrogen-bond donors (Lipinski definition) is 1. The number of benzene rings is 2. The van der Waals surface area contributed by atoms with E-state index in [0.717, 1.165) is 12.1 Å². The molecule has 2 heterocycles. The third-order valence-corrected chi connectivity index (χ3v) is 4.36. The van der Waals surface area contributed by atoms with E-state index in [4.69, 9.17) is 20.5 Å². The molecule has 4 rings (SSSR count). The predicted molar refractivity (Wildman–Crippen MR) is 99.3 cm³/mol. The molecule has 7 nitrogen and oxygen atoms in total. The molecule has 0 aliphatic heterocycles. The van der Waals surface area contributed by atoms with Crippen LogP contribution in [0, 0.1) is 18.6 Å². The summed E-state index contributed by atoms with van der Waals surface area (Å²) in [6.07, 6.45) is 0. The molecule has 0 saturated heterocycles. The lowest BCUT2D eigenvalue weighted by Crippen LogP contribution is -2.13. The molecule has 0 aliphatic rings. The Kier molecular flexibility index (Phi) is 4.81. The maximum absolute atomic E-state index is 13.9. The normalized spacial score (nSPS) is 10.9. The Hall–Kier alpha value is -3.59. The topological polar surface area (TPSA) is 94.1 Å². The van der Waals surface area contributed by atoms with Gasteiger partial charge in [0.1, 0.15) is 28.7 Å². The number of aryl methyl sites for hydroxylation is 1. The Bertz CT molecular complexity index is 1220. The number of rotatable bonds is 4. The number of halogens is 3. The van der Waals surface area contributed by atoms with E-state index in [2.05, 4.69) is 20.7 Å². The van der Waals surface area contributed by atoms with Gasteiger partial charge in [0, 0.05) is 11.6 Å². The molecule has 1 N–H and O–H groups in total. The van der Waals surface area contributed by atoms with Crippen LogP contribution in [0.3, 0.4) is 0 Å². The average Bonchev–Trinajstić information content (AvgIpc) is 3.29. The summed E-state index contributed by atoms with van der Waals surface area (Å²) in [5.41, 5.74) is 0.786. The van der Waals surface area contributed by atoms with Crippen LogP contribution in [0.2, 0.25) is 5.02 Å². The Balaban J connectivity index is 1.63. The molecule has 0 unspecified atom stereocenters. The van der Waals surface area contributed by atoms with E-state index in [0.29, 0.717) is 16.7 Å². The van der Waals surface area contributed by atoms with Gasteiger partial charge in [-0.2, -0.15) is 0 Å². The van der Waals surface area contributed by atoms with Crippen LogP contribution in [0.1, 0.15) is 16.1 Å². The molecule has 0 saturated carbocycles. The van der Waals surface area contributed by atoms with Crippen LogP contribution in [0.15, 0.2) is 51.4 Å². The van der Waals surface area contributed by atoms with Gasteiger partial charge in [-0.05, 0) is 25.1 Å². The van der Waals surface area contributed by atoms with Gasteiger partial charge < -0.3 is 8.94 Å². The van der Waals surface area contributed by atoms with Crippen molar-refractivity contribution in [1.82, 2.24) is 15.4 Å². The second-order valence-electron chi connectivity index (χ2n) is 5.93. The molecule has 0 atom stereocenters. The predicted octanol–water partition coefficient (Wildman–Crippen LogP) is 4.88. The summed E-state index contributed by atoms with van der Waals surface area (Å²) in [7, 11) is 0. The van der Waals surface area contributed by atoms with Crippen molar-refractivity contribution in [3.8, 4) is 22.7 Å². The van der Waals surface area contributed by atoms with Crippen molar-refractivity contribution in [3.63, 3.8) is 0 Å².